The maximum absolute atomic E-state index is 8.68. The lowest BCUT2D eigenvalue weighted by Gasteiger charge is -2.06. The quantitative estimate of drug-likeness (QED) is 0.460. The van der Waals surface area contributed by atoms with Gasteiger partial charge in [0.2, 0.25) is 0 Å². The Hall–Kier alpha value is -0.120. The van der Waals surface area contributed by atoms with E-state index in [9.17, 15) is 0 Å². The molecule has 0 aromatic rings. The molecule has 0 aromatic heterocycles. The van der Waals surface area contributed by atoms with E-state index in [1.165, 1.54) is 0 Å². The van der Waals surface area contributed by atoms with Crippen LogP contribution in [0.2, 0.25) is 0 Å². The molecule has 0 aliphatic heterocycles. The van der Waals surface area contributed by atoms with Gasteiger partial charge in [-0.3, -0.25) is 0 Å². The van der Waals surface area contributed by atoms with Gasteiger partial charge in [0.05, 0.1) is 6.61 Å². The third kappa shape index (κ3) is 7.78. The molecule has 0 bridgehead atoms. The Morgan fingerprint density at radius 1 is 1.27 bits per heavy atom. The minimum absolute atomic E-state index is 0.204. The predicted molar refractivity (Wildman–Crippen MR) is 45.4 cm³/mol. The van der Waals surface area contributed by atoms with Crippen molar-refractivity contribution < 1.29 is 10.2 Å². The summed E-state index contributed by atoms with van der Waals surface area (Å²) in [6.07, 6.45) is 2.12. The Kier molecular flexibility index (Phi) is 7.89. The number of aliphatic hydroxyl groups is 2. The van der Waals surface area contributed by atoms with Gasteiger partial charge in [0.15, 0.2) is 0 Å². The molecule has 0 aliphatic rings. The van der Waals surface area contributed by atoms with E-state index >= 15 is 0 Å². The van der Waals surface area contributed by atoms with Crippen LogP contribution in [0.3, 0.4) is 0 Å². The molecular formula is C8H19NO2. The van der Waals surface area contributed by atoms with Gasteiger partial charge in [-0.25, -0.2) is 0 Å². The van der Waals surface area contributed by atoms with Crippen molar-refractivity contribution in [3.05, 3.63) is 0 Å². The maximum Gasteiger partial charge on any atom is 0.0555 e. The van der Waals surface area contributed by atoms with E-state index in [-0.39, 0.29) is 13.2 Å². The lowest BCUT2D eigenvalue weighted by Crippen LogP contribution is -2.20. The van der Waals surface area contributed by atoms with Gasteiger partial charge in [0.25, 0.3) is 0 Å². The lowest BCUT2D eigenvalue weighted by atomic mass is 10.1. The maximum atomic E-state index is 8.68. The normalized spacial score (nSPS) is 13.4. The second-order valence-electron chi connectivity index (χ2n) is 2.90. The highest BCUT2D eigenvalue weighted by Crippen LogP contribution is 2.02. The highest BCUT2D eigenvalue weighted by atomic mass is 16.3. The molecule has 0 aliphatic carbocycles. The molecular weight excluding hydrogens is 142 g/mol. The van der Waals surface area contributed by atoms with Crippen molar-refractivity contribution in [3.8, 4) is 0 Å². The summed E-state index contributed by atoms with van der Waals surface area (Å²) in [5, 5.41) is 20.2. The third-order valence-corrected chi connectivity index (χ3v) is 1.65. The average molecular weight is 161 g/mol. The molecule has 0 radical (unpaired) electrons. The van der Waals surface area contributed by atoms with Crippen molar-refractivity contribution in [1.29, 1.82) is 0 Å². The summed E-state index contributed by atoms with van der Waals surface area (Å²) in [4.78, 5) is 0. The Morgan fingerprint density at radius 2 is 2.00 bits per heavy atom. The van der Waals surface area contributed by atoms with Crippen LogP contribution in [0.15, 0.2) is 0 Å². The van der Waals surface area contributed by atoms with E-state index in [2.05, 4.69) is 5.32 Å². The summed E-state index contributed by atoms with van der Waals surface area (Å²) in [6, 6.07) is 0. The molecule has 68 valence electrons. The van der Waals surface area contributed by atoms with Crippen LogP contribution in [0.4, 0.5) is 0 Å². The molecule has 0 amide bonds. The van der Waals surface area contributed by atoms with Gasteiger partial charge in [-0.2, -0.15) is 0 Å². The zero-order chi connectivity index (χ0) is 8.53. The molecule has 0 spiro atoms. The SMILES string of the molecule is CC(CO)CCCNCCO. The zero-order valence-electron chi connectivity index (χ0n) is 7.21. The predicted octanol–water partition coefficient (Wildman–Crippen LogP) is -0.0231. The first-order valence-electron chi connectivity index (χ1n) is 4.23. The monoisotopic (exact) mass is 161 g/mol. The fourth-order valence-electron chi connectivity index (χ4n) is 0.871. The molecule has 0 aromatic carbocycles. The standard InChI is InChI=1S/C8H19NO2/c1-8(7-11)3-2-4-9-5-6-10/h8-11H,2-7H2,1H3. The van der Waals surface area contributed by atoms with Crippen molar-refractivity contribution in [3.63, 3.8) is 0 Å². The fraction of sp³-hybridized carbons (Fsp3) is 1.00. The van der Waals surface area contributed by atoms with Gasteiger partial charge in [0.1, 0.15) is 0 Å². The smallest absolute Gasteiger partial charge is 0.0555 e. The molecule has 11 heavy (non-hydrogen) atoms. The Labute approximate surface area is 68.4 Å². The minimum Gasteiger partial charge on any atom is -0.396 e. The van der Waals surface area contributed by atoms with Gasteiger partial charge < -0.3 is 15.5 Å². The molecule has 0 heterocycles. The van der Waals surface area contributed by atoms with Crippen LogP contribution in [0, 0.1) is 5.92 Å². The van der Waals surface area contributed by atoms with Crippen molar-refractivity contribution in [2.45, 2.75) is 19.8 Å². The minimum atomic E-state index is 0.204. The van der Waals surface area contributed by atoms with Crippen LogP contribution < -0.4 is 5.32 Å². The summed E-state index contributed by atoms with van der Waals surface area (Å²) in [6.45, 7) is 4.13. The summed E-state index contributed by atoms with van der Waals surface area (Å²) in [7, 11) is 0. The van der Waals surface area contributed by atoms with Gasteiger partial charge in [-0.1, -0.05) is 6.92 Å². The highest BCUT2D eigenvalue weighted by molar-refractivity contribution is 4.52. The summed E-state index contributed by atoms with van der Waals surface area (Å²) in [5.41, 5.74) is 0. The van der Waals surface area contributed by atoms with Crippen molar-refractivity contribution in [2.24, 2.45) is 5.92 Å². The Balaban J connectivity index is 2.89. The van der Waals surface area contributed by atoms with Crippen LogP contribution in [0.25, 0.3) is 0 Å². The van der Waals surface area contributed by atoms with Gasteiger partial charge >= 0.3 is 0 Å². The number of hydrogen-bond donors (Lipinski definition) is 3. The first kappa shape index (κ1) is 10.9. The van der Waals surface area contributed by atoms with E-state index in [1.807, 2.05) is 6.92 Å². The van der Waals surface area contributed by atoms with E-state index in [0.717, 1.165) is 19.4 Å². The number of nitrogens with one attached hydrogen (secondary N) is 1. The fourth-order valence-corrected chi connectivity index (χ4v) is 0.871. The molecule has 1 atom stereocenters. The van der Waals surface area contributed by atoms with Gasteiger partial charge in [0, 0.05) is 13.2 Å². The van der Waals surface area contributed by atoms with Crippen molar-refractivity contribution in [1.82, 2.24) is 5.32 Å². The third-order valence-electron chi connectivity index (χ3n) is 1.65. The molecule has 0 saturated heterocycles. The van der Waals surface area contributed by atoms with Crippen LogP contribution >= 0.6 is 0 Å². The zero-order valence-corrected chi connectivity index (χ0v) is 7.21. The van der Waals surface area contributed by atoms with E-state index in [4.69, 9.17) is 10.2 Å². The summed E-state index contributed by atoms with van der Waals surface area (Å²) in [5.74, 6) is 0.408. The van der Waals surface area contributed by atoms with E-state index < -0.39 is 0 Å². The van der Waals surface area contributed by atoms with Crippen LogP contribution in [-0.2, 0) is 0 Å². The van der Waals surface area contributed by atoms with Crippen LogP contribution in [0.5, 0.6) is 0 Å². The molecule has 0 saturated carbocycles. The highest BCUT2D eigenvalue weighted by Gasteiger charge is 1.97. The topological polar surface area (TPSA) is 52.5 Å². The second-order valence-corrected chi connectivity index (χ2v) is 2.90. The lowest BCUT2D eigenvalue weighted by molar-refractivity contribution is 0.227. The molecule has 1 unspecified atom stereocenters. The molecule has 0 fully saturated rings. The van der Waals surface area contributed by atoms with Crippen LogP contribution in [-0.4, -0.2) is 36.5 Å². The number of aliphatic hydroxyl groups excluding tert-OH is 2. The van der Waals surface area contributed by atoms with E-state index in [1.54, 1.807) is 0 Å². The van der Waals surface area contributed by atoms with Crippen molar-refractivity contribution >= 4 is 0 Å². The summed E-state index contributed by atoms with van der Waals surface area (Å²) >= 11 is 0. The molecule has 3 heteroatoms. The van der Waals surface area contributed by atoms with Crippen molar-refractivity contribution in [2.75, 3.05) is 26.3 Å². The second kappa shape index (κ2) is 7.98. The first-order valence-corrected chi connectivity index (χ1v) is 4.23. The van der Waals surface area contributed by atoms with Crippen LogP contribution in [0.1, 0.15) is 19.8 Å². The largest absolute Gasteiger partial charge is 0.396 e. The molecule has 3 nitrogen and oxygen atoms in total. The Bertz CT molecular complexity index is 78.5. The van der Waals surface area contributed by atoms with Gasteiger partial charge in [-0.05, 0) is 25.3 Å². The van der Waals surface area contributed by atoms with E-state index in [0.29, 0.717) is 12.5 Å². The van der Waals surface area contributed by atoms with Gasteiger partial charge in [-0.15, -0.1) is 0 Å². The Morgan fingerprint density at radius 3 is 2.55 bits per heavy atom. The molecule has 0 rings (SSSR count). The first-order chi connectivity index (χ1) is 5.31. The summed E-state index contributed by atoms with van der Waals surface area (Å²) < 4.78 is 0. The number of rotatable bonds is 7. The number of hydrogen-bond acceptors (Lipinski definition) is 3. The average Bonchev–Trinajstić information content (AvgIpc) is 2.04. The molecule has 3 N–H and O–H groups in total.